The number of alkyl halides is 2. The highest BCUT2D eigenvalue weighted by atomic mass is 32.2. The number of benzene rings is 2. The first-order valence-corrected chi connectivity index (χ1v) is 9.70. The molecule has 0 fully saturated rings. The van der Waals surface area contributed by atoms with Crippen LogP contribution in [0.1, 0.15) is 5.56 Å². The van der Waals surface area contributed by atoms with E-state index < -0.39 is 73.9 Å². The first-order valence-electron chi connectivity index (χ1n) is 8.22. The third-order valence-corrected chi connectivity index (χ3v) is 5.59. The number of rotatable bonds is 10. The monoisotopic (exact) mass is 466 g/mol. The van der Waals surface area contributed by atoms with Crippen LogP contribution in [0.4, 0.5) is 23.2 Å². The number of nitrogens with zero attached hydrogens (tertiary/aromatic N) is 1. The fourth-order valence-corrected chi connectivity index (χ4v) is 4.19. The van der Waals surface area contributed by atoms with E-state index in [0.717, 1.165) is 30.3 Å². The Kier molecular flexibility index (Phi) is 7.30. The molecule has 2 N–H and O–H groups in total. The molecule has 168 valence electrons. The smallest absolute Gasteiger partial charge is 0.329 e. The number of nitrogens with one attached hydrogen (secondary N) is 1. The first-order chi connectivity index (χ1) is 14.4. The zero-order valence-corrected chi connectivity index (χ0v) is 16.1. The highest BCUT2D eigenvalue weighted by molar-refractivity contribution is 7.89. The van der Waals surface area contributed by atoms with Crippen LogP contribution in [0.5, 0.6) is 0 Å². The van der Waals surface area contributed by atoms with Gasteiger partial charge in [-0.2, -0.15) is 4.72 Å². The summed E-state index contributed by atoms with van der Waals surface area (Å²) in [6, 6.07) is 5.80. The van der Waals surface area contributed by atoms with Gasteiger partial charge in [0.25, 0.3) is 12.1 Å². The molecule has 31 heavy (non-hydrogen) atoms. The second-order valence-electron chi connectivity index (χ2n) is 6.09. The maximum atomic E-state index is 14.4. The minimum absolute atomic E-state index is 0.587. The summed E-state index contributed by atoms with van der Waals surface area (Å²) in [5.41, 5.74) is -5.47. The van der Waals surface area contributed by atoms with Crippen LogP contribution in [0.25, 0.3) is 0 Å². The molecule has 0 aromatic heterocycles. The number of ether oxygens (including phenoxy) is 1. The van der Waals surface area contributed by atoms with E-state index >= 15 is 0 Å². The molecule has 0 saturated carbocycles. The number of aliphatic carboxylic acids is 1. The minimum Gasteiger partial charge on any atom is -0.480 e. The normalized spacial score (nSPS) is 13.7. The molecule has 0 aliphatic carbocycles. The molecule has 2 aromatic rings. The molecule has 1 atom stereocenters. The molecule has 0 amide bonds. The number of sulfonamides is 1. The van der Waals surface area contributed by atoms with Crippen molar-refractivity contribution in [1.29, 1.82) is 0 Å². The highest BCUT2D eigenvalue weighted by Crippen LogP contribution is 2.35. The average molecular weight is 466 g/mol. The highest BCUT2D eigenvalue weighted by Gasteiger charge is 2.49. The molecule has 0 heterocycles. The van der Waals surface area contributed by atoms with Crippen LogP contribution < -0.4 is 4.72 Å². The Bertz CT molecular complexity index is 1100. The summed E-state index contributed by atoms with van der Waals surface area (Å²) in [5.74, 6) is -5.04. The van der Waals surface area contributed by atoms with Gasteiger partial charge < -0.3 is 9.84 Å². The fourth-order valence-electron chi connectivity index (χ4n) is 2.66. The molecular weight excluding hydrogens is 452 g/mol. The molecule has 0 spiro atoms. The van der Waals surface area contributed by atoms with Crippen LogP contribution in [0.3, 0.4) is 0 Å². The molecule has 0 saturated heterocycles. The SMILES string of the molecule is O=C(O)COC[C@](NS(=O)(=O)c1ccccc1[N+](=O)[O-])(c1cccc(F)c1F)C(F)F. The van der Waals surface area contributed by atoms with Crippen LogP contribution in [0.15, 0.2) is 47.4 Å². The van der Waals surface area contributed by atoms with Crippen molar-refractivity contribution < 1.29 is 45.5 Å². The van der Waals surface area contributed by atoms with Crippen LogP contribution in [0.2, 0.25) is 0 Å². The molecule has 2 aromatic carbocycles. The molecule has 2 rings (SSSR count). The predicted octanol–water partition coefficient (Wildman–Crippen LogP) is 2.41. The molecule has 0 bridgehead atoms. The van der Waals surface area contributed by atoms with E-state index in [0.29, 0.717) is 12.1 Å². The predicted molar refractivity (Wildman–Crippen MR) is 95.9 cm³/mol. The van der Waals surface area contributed by atoms with Crippen LogP contribution >= 0.6 is 0 Å². The second kappa shape index (κ2) is 9.36. The number of hydrogen-bond donors (Lipinski definition) is 2. The van der Waals surface area contributed by atoms with Gasteiger partial charge in [0.15, 0.2) is 16.5 Å². The number of halogens is 4. The van der Waals surface area contributed by atoms with Gasteiger partial charge in [-0.25, -0.2) is 30.8 Å². The second-order valence-corrected chi connectivity index (χ2v) is 7.74. The van der Waals surface area contributed by atoms with Crippen molar-refractivity contribution in [2.24, 2.45) is 0 Å². The summed E-state index contributed by atoms with van der Waals surface area (Å²) in [6.45, 7) is -2.60. The van der Waals surface area contributed by atoms with Gasteiger partial charge in [-0.05, 0) is 12.1 Å². The molecule has 14 heteroatoms. The van der Waals surface area contributed by atoms with Gasteiger partial charge in [-0.1, -0.05) is 24.3 Å². The van der Waals surface area contributed by atoms with E-state index in [1.807, 2.05) is 0 Å². The Morgan fingerprint density at radius 3 is 2.42 bits per heavy atom. The summed E-state index contributed by atoms with van der Waals surface area (Å²) in [7, 11) is -5.16. The van der Waals surface area contributed by atoms with Crippen LogP contribution in [-0.2, 0) is 25.1 Å². The molecule has 0 unspecified atom stereocenters. The molecule has 9 nitrogen and oxygen atoms in total. The van der Waals surface area contributed by atoms with E-state index in [1.165, 1.54) is 4.72 Å². The van der Waals surface area contributed by atoms with Gasteiger partial charge >= 0.3 is 5.97 Å². The Hall–Kier alpha value is -3.10. The summed E-state index contributed by atoms with van der Waals surface area (Å²) < 4.78 is 88.2. The number of nitro benzene ring substituents is 1. The minimum atomic E-state index is -5.16. The first kappa shape index (κ1) is 24.2. The third kappa shape index (κ3) is 5.15. The van der Waals surface area contributed by atoms with Crippen molar-refractivity contribution in [3.8, 4) is 0 Å². The zero-order valence-electron chi connectivity index (χ0n) is 15.3. The Balaban J connectivity index is 2.68. The summed E-state index contributed by atoms with van der Waals surface area (Å²) >= 11 is 0. The molecule has 0 aliphatic heterocycles. The molecule has 0 aliphatic rings. The number of carbonyl (C=O) groups is 1. The van der Waals surface area contributed by atoms with Crippen molar-refractivity contribution in [3.63, 3.8) is 0 Å². The van der Waals surface area contributed by atoms with E-state index in [9.17, 15) is 40.9 Å². The number of carboxylic acid groups (broad SMARTS) is 1. The number of hydrogen-bond acceptors (Lipinski definition) is 6. The Labute approximate surface area is 172 Å². The van der Waals surface area contributed by atoms with Crippen molar-refractivity contribution in [2.75, 3.05) is 13.2 Å². The van der Waals surface area contributed by atoms with E-state index in [2.05, 4.69) is 4.74 Å². The third-order valence-electron chi connectivity index (χ3n) is 4.03. The van der Waals surface area contributed by atoms with Gasteiger partial charge in [0.2, 0.25) is 10.0 Å². The maximum absolute atomic E-state index is 14.4. The largest absolute Gasteiger partial charge is 0.480 e. The van der Waals surface area contributed by atoms with E-state index in [-0.39, 0.29) is 0 Å². The number of carboxylic acids is 1. The van der Waals surface area contributed by atoms with Crippen molar-refractivity contribution >= 4 is 21.7 Å². The maximum Gasteiger partial charge on any atom is 0.329 e. The van der Waals surface area contributed by atoms with Gasteiger partial charge in [0.05, 0.1) is 11.5 Å². The van der Waals surface area contributed by atoms with Gasteiger partial charge in [-0.3, -0.25) is 10.1 Å². The summed E-state index contributed by atoms with van der Waals surface area (Å²) in [4.78, 5) is 19.7. The van der Waals surface area contributed by atoms with E-state index in [4.69, 9.17) is 5.11 Å². The van der Waals surface area contributed by atoms with Crippen molar-refractivity contribution in [2.45, 2.75) is 16.9 Å². The fraction of sp³-hybridized carbons (Fsp3) is 0.235. The molecular formula is C17H14F4N2O7S. The van der Waals surface area contributed by atoms with Crippen LogP contribution in [0, 0.1) is 21.7 Å². The van der Waals surface area contributed by atoms with Crippen molar-refractivity contribution in [1.82, 2.24) is 4.72 Å². The lowest BCUT2D eigenvalue weighted by atomic mass is 9.91. The Morgan fingerprint density at radius 1 is 1.19 bits per heavy atom. The van der Waals surface area contributed by atoms with E-state index in [1.54, 1.807) is 0 Å². The topological polar surface area (TPSA) is 136 Å². The van der Waals surface area contributed by atoms with Gasteiger partial charge in [0, 0.05) is 11.6 Å². The lowest BCUT2D eigenvalue weighted by molar-refractivity contribution is -0.387. The Morgan fingerprint density at radius 2 is 1.84 bits per heavy atom. The quantitative estimate of drug-likeness (QED) is 0.312. The zero-order chi connectivity index (χ0) is 23.4. The van der Waals surface area contributed by atoms with Crippen LogP contribution in [-0.4, -0.2) is 44.1 Å². The number of para-hydroxylation sites is 1. The average Bonchev–Trinajstić information content (AvgIpc) is 2.68. The lowest BCUT2D eigenvalue weighted by Gasteiger charge is -2.34. The van der Waals surface area contributed by atoms with Gasteiger partial charge in [0.1, 0.15) is 12.1 Å². The lowest BCUT2D eigenvalue weighted by Crippen LogP contribution is -2.55. The summed E-state index contributed by atoms with van der Waals surface area (Å²) in [5, 5.41) is 19.8. The van der Waals surface area contributed by atoms with Gasteiger partial charge in [-0.15, -0.1) is 0 Å². The number of nitro groups is 1. The standard InChI is InChI=1S/C17H14F4N2O7S/c18-11-5-3-4-10(15(11)19)17(16(20)21,9-30-8-14(24)25)22-31(28,29)13-7-2-1-6-12(13)23(26)27/h1-7,16,22H,8-9H2,(H,24,25)/t17-/m0/s1. The summed E-state index contributed by atoms with van der Waals surface area (Å²) in [6.07, 6.45) is -3.80. The molecule has 0 radical (unpaired) electrons. The van der Waals surface area contributed by atoms with Crippen molar-refractivity contribution in [3.05, 3.63) is 69.8 Å².